The number of oxime groups is 1. The highest BCUT2D eigenvalue weighted by atomic mass is 35.5. The molecule has 3 aromatic carbocycles. The number of nitrogens with zero attached hydrogens (tertiary/aromatic N) is 2. The van der Waals surface area contributed by atoms with Crippen molar-refractivity contribution < 1.29 is 19.2 Å². The van der Waals surface area contributed by atoms with Crippen molar-refractivity contribution in [2.24, 2.45) is 5.16 Å². The third kappa shape index (κ3) is 6.58. The van der Waals surface area contributed by atoms with E-state index in [1.807, 2.05) is 68.4 Å². The number of thioether (sulfide) groups is 1. The first-order valence-corrected chi connectivity index (χ1v) is 15.2. The smallest absolute Gasteiger partial charge is 0.331 e. The molecule has 0 fully saturated rings. The van der Waals surface area contributed by atoms with Gasteiger partial charge < -0.3 is 9.40 Å². The maximum absolute atomic E-state index is 13.7. The summed E-state index contributed by atoms with van der Waals surface area (Å²) < 4.78 is 2.16. The Hall–Kier alpha value is -3.94. The first kappa shape index (κ1) is 31.0. The van der Waals surface area contributed by atoms with Gasteiger partial charge in [-0.05, 0) is 74.4 Å². The van der Waals surface area contributed by atoms with Gasteiger partial charge in [-0.1, -0.05) is 48.5 Å². The average Bonchev–Trinajstić information content (AvgIpc) is 3.31. The Morgan fingerprint density at radius 2 is 1.57 bits per heavy atom. The molecule has 0 unspecified atom stereocenters. The number of hydrogen-bond donors (Lipinski definition) is 0. The molecule has 0 aliphatic carbocycles. The van der Waals surface area contributed by atoms with Gasteiger partial charge in [0.15, 0.2) is 5.78 Å². The summed E-state index contributed by atoms with van der Waals surface area (Å²) in [5.74, 6) is -0.464. The van der Waals surface area contributed by atoms with Crippen LogP contribution in [0.4, 0.5) is 0 Å². The minimum absolute atomic E-state index is 0.0340. The van der Waals surface area contributed by atoms with Crippen molar-refractivity contribution in [1.29, 1.82) is 0 Å². The average molecular weight is 601 g/mol. The van der Waals surface area contributed by atoms with Crippen molar-refractivity contribution >= 4 is 68.4 Å². The summed E-state index contributed by atoms with van der Waals surface area (Å²) in [5, 5.41) is 6.28. The number of carbonyl (C=O) groups excluding carboxylic acids is 3. The van der Waals surface area contributed by atoms with Crippen molar-refractivity contribution in [2.75, 3.05) is 5.75 Å². The van der Waals surface area contributed by atoms with Gasteiger partial charge in [0, 0.05) is 69.0 Å². The van der Waals surface area contributed by atoms with Crippen LogP contribution in [0.15, 0.2) is 94.5 Å². The van der Waals surface area contributed by atoms with Crippen LogP contribution in [0.5, 0.6) is 0 Å². The Balaban J connectivity index is 1.74. The predicted octanol–water partition coefficient (Wildman–Crippen LogP) is 8.85. The zero-order chi connectivity index (χ0) is 30.4. The molecular weight excluding hydrogens is 568 g/mol. The third-order valence-corrected chi connectivity index (χ3v) is 8.61. The van der Waals surface area contributed by atoms with E-state index in [4.69, 9.17) is 16.4 Å². The topological polar surface area (TPSA) is 77.7 Å². The summed E-state index contributed by atoms with van der Waals surface area (Å²) in [7, 11) is 0. The van der Waals surface area contributed by atoms with Gasteiger partial charge in [-0.25, -0.2) is 4.79 Å². The van der Waals surface area contributed by atoms with Crippen LogP contribution in [0.1, 0.15) is 61.3 Å². The molecule has 0 N–H and O–H groups in total. The lowest BCUT2D eigenvalue weighted by molar-refractivity contribution is -0.140. The SMILES string of the molecule is C=C/C(C)=C(\CC)C(=O)c1ccc2c(c1)c1cc(C(=O)/C(CCSc3ccccc3Cl)=N/OC(C)=O)ccc1n2CC. The highest BCUT2D eigenvalue weighted by Crippen LogP contribution is 2.32. The van der Waals surface area contributed by atoms with Crippen LogP contribution in [0.25, 0.3) is 21.8 Å². The quantitative estimate of drug-likeness (QED) is 0.0309. The molecule has 0 aliphatic heterocycles. The normalized spacial score (nSPS) is 12.4. The molecule has 0 amide bonds. The molecule has 0 saturated heterocycles. The largest absolute Gasteiger partial charge is 0.341 e. The number of ketones is 2. The van der Waals surface area contributed by atoms with Crippen LogP contribution < -0.4 is 0 Å². The monoisotopic (exact) mass is 600 g/mol. The molecule has 0 aliphatic rings. The van der Waals surface area contributed by atoms with Crippen LogP contribution in [0.3, 0.4) is 0 Å². The van der Waals surface area contributed by atoms with E-state index in [1.165, 1.54) is 18.7 Å². The molecule has 0 radical (unpaired) electrons. The molecule has 42 heavy (non-hydrogen) atoms. The number of aryl methyl sites for hydroxylation is 1. The van der Waals surface area contributed by atoms with Gasteiger partial charge in [-0.15, -0.1) is 11.8 Å². The molecule has 0 spiro atoms. The van der Waals surface area contributed by atoms with Gasteiger partial charge >= 0.3 is 5.97 Å². The Kier molecular flexibility index (Phi) is 10.2. The minimum atomic E-state index is -0.607. The van der Waals surface area contributed by atoms with Crippen LogP contribution in [0, 0.1) is 0 Å². The second kappa shape index (κ2) is 13.8. The standard InChI is InChI=1S/C34H33ClN2O4S/c1-6-21(4)25(7-2)33(39)23-13-15-30-26(19-23)27-20-24(14-16-31(27)37(30)8-3)34(40)29(36-41-22(5)38)17-18-42-32-12-10-9-11-28(32)35/h6,9-16,19-20H,1,7-8,17-18H2,2-5H3/b25-21+,36-29+. The molecule has 4 rings (SSSR count). The maximum Gasteiger partial charge on any atom is 0.331 e. The van der Waals surface area contributed by atoms with E-state index < -0.39 is 5.97 Å². The minimum Gasteiger partial charge on any atom is -0.341 e. The Morgan fingerprint density at radius 1 is 0.952 bits per heavy atom. The van der Waals surface area contributed by atoms with Crippen molar-refractivity contribution in [3.05, 3.63) is 101 Å². The fourth-order valence-corrected chi connectivity index (χ4v) is 6.14. The number of benzene rings is 3. The van der Waals surface area contributed by atoms with Crippen LogP contribution in [-0.4, -0.2) is 33.6 Å². The lowest BCUT2D eigenvalue weighted by Gasteiger charge is -2.08. The van der Waals surface area contributed by atoms with Gasteiger partial charge in [0.1, 0.15) is 5.71 Å². The van der Waals surface area contributed by atoms with Crippen molar-refractivity contribution in [3.63, 3.8) is 0 Å². The van der Waals surface area contributed by atoms with Gasteiger partial charge in [-0.3, -0.25) is 9.59 Å². The zero-order valence-corrected chi connectivity index (χ0v) is 25.8. The van der Waals surface area contributed by atoms with Gasteiger partial charge in [0.05, 0.1) is 5.02 Å². The number of Topliss-reactive ketones (excluding diaryl/α,β-unsaturated/α-hetero) is 2. The molecule has 0 saturated carbocycles. The van der Waals surface area contributed by atoms with E-state index in [9.17, 15) is 14.4 Å². The second-order valence-corrected chi connectivity index (χ2v) is 11.3. The molecule has 4 aromatic rings. The number of fused-ring (bicyclic) bond motifs is 3. The second-order valence-electron chi connectivity index (χ2n) is 9.74. The molecule has 6 nitrogen and oxygen atoms in total. The summed E-state index contributed by atoms with van der Waals surface area (Å²) >= 11 is 7.77. The van der Waals surface area contributed by atoms with Crippen molar-refractivity contribution in [3.8, 4) is 0 Å². The summed E-state index contributed by atoms with van der Waals surface area (Å²) in [6, 6.07) is 18.7. The number of allylic oxidation sites excluding steroid dienone is 3. The molecule has 0 atom stereocenters. The Labute approximate surface area is 255 Å². The van der Waals surface area contributed by atoms with E-state index in [1.54, 1.807) is 12.1 Å². The van der Waals surface area contributed by atoms with Gasteiger partial charge in [0.2, 0.25) is 5.78 Å². The predicted molar refractivity (Wildman–Crippen MR) is 173 cm³/mol. The van der Waals surface area contributed by atoms with Gasteiger partial charge in [-0.2, -0.15) is 0 Å². The maximum atomic E-state index is 13.7. The lowest BCUT2D eigenvalue weighted by Crippen LogP contribution is -2.16. The van der Waals surface area contributed by atoms with E-state index in [0.717, 1.165) is 37.8 Å². The van der Waals surface area contributed by atoms with Gasteiger partial charge in [0.25, 0.3) is 0 Å². The first-order chi connectivity index (χ1) is 20.2. The van der Waals surface area contributed by atoms with Crippen LogP contribution in [-0.2, 0) is 16.2 Å². The van der Waals surface area contributed by atoms with E-state index in [0.29, 0.717) is 34.9 Å². The molecule has 1 heterocycles. The molecule has 0 bridgehead atoms. The van der Waals surface area contributed by atoms with E-state index >= 15 is 0 Å². The fraction of sp³-hybridized carbons (Fsp3) is 0.235. The summed E-state index contributed by atoms with van der Waals surface area (Å²) in [4.78, 5) is 44.4. The molecule has 216 valence electrons. The summed E-state index contributed by atoms with van der Waals surface area (Å²) in [6.07, 6.45) is 2.57. The fourth-order valence-electron chi connectivity index (χ4n) is 4.95. The highest BCUT2D eigenvalue weighted by Gasteiger charge is 2.20. The molecule has 8 heteroatoms. The van der Waals surface area contributed by atoms with Crippen molar-refractivity contribution in [2.45, 2.75) is 52.0 Å². The molecule has 1 aromatic heterocycles. The highest BCUT2D eigenvalue weighted by molar-refractivity contribution is 7.99. The summed E-state index contributed by atoms with van der Waals surface area (Å²) in [6.45, 7) is 11.7. The number of aromatic nitrogens is 1. The number of hydrogen-bond acceptors (Lipinski definition) is 6. The van der Waals surface area contributed by atoms with Crippen molar-refractivity contribution in [1.82, 2.24) is 4.57 Å². The zero-order valence-electron chi connectivity index (χ0n) is 24.2. The van der Waals surface area contributed by atoms with Crippen LogP contribution in [0.2, 0.25) is 5.02 Å². The number of rotatable bonds is 12. The number of halogens is 1. The number of carbonyl (C=O) groups is 3. The van der Waals surface area contributed by atoms with E-state index in [2.05, 4.69) is 23.2 Å². The third-order valence-electron chi connectivity index (χ3n) is 7.09. The molecular formula is C34H33ClN2O4S. The Bertz CT molecular complexity index is 1770. The summed E-state index contributed by atoms with van der Waals surface area (Å²) in [5.41, 5.74) is 4.65. The van der Waals surface area contributed by atoms with E-state index in [-0.39, 0.29) is 23.7 Å². The first-order valence-electron chi connectivity index (χ1n) is 13.8. The Morgan fingerprint density at radius 3 is 2.12 bits per heavy atom. The lowest BCUT2D eigenvalue weighted by atomic mass is 9.95. The van der Waals surface area contributed by atoms with Crippen LogP contribution >= 0.6 is 23.4 Å².